The number of carbonyl (C=O) groups is 1. The van der Waals surface area contributed by atoms with E-state index in [1.54, 1.807) is 6.92 Å². The van der Waals surface area contributed by atoms with Gasteiger partial charge in [0.2, 0.25) is 0 Å². The Morgan fingerprint density at radius 2 is 2.00 bits per heavy atom. The molecule has 0 aliphatic carbocycles. The van der Waals surface area contributed by atoms with Crippen molar-refractivity contribution in [3.63, 3.8) is 0 Å². The molecular weight excluding hydrogens is 294 g/mol. The van der Waals surface area contributed by atoms with Crippen LogP contribution < -0.4 is 5.73 Å². The second-order valence-corrected chi connectivity index (χ2v) is 7.61. The van der Waals surface area contributed by atoms with Gasteiger partial charge < -0.3 is 10.5 Å². The van der Waals surface area contributed by atoms with Gasteiger partial charge in [0.1, 0.15) is 6.04 Å². The number of esters is 1. The summed E-state index contributed by atoms with van der Waals surface area (Å²) in [6, 6.07) is -0.772. The fraction of sp³-hybridized carbons (Fsp3) is 0.923. The highest BCUT2D eigenvalue weighted by Gasteiger charge is 2.44. The van der Waals surface area contributed by atoms with E-state index in [4.69, 9.17) is 10.5 Å². The molecule has 122 valence electrons. The van der Waals surface area contributed by atoms with E-state index in [2.05, 4.69) is 0 Å². The summed E-state index contributed by atoms with van der Waals surface area (Å²) < 4.78 is 33.4. The van der Waals surface area contributed by atoms with Crippen LogP contribution in [-0.4, -0.2) is 60.8 Å². The molecule has 0 amide bonds. The number of nitrogens with zero attached hydrogens (tertiary/aromatic N) is 2. The SMILES string of the molecule is CCOC(=O)C1CCCN1S(=O)(=O)N1CCC(N)CC1C. The molecular formula is C13H25N3O4S. The van der Waals surface area contributed by atoms with Gasteiger partial charge in [0.25, 0.3) is 10.2 Å². The highest BCUT2D eigenvalue weighted by atomic mass is 32.2. The smallest absolute Gasteiger partial charge is 0.324 e. The highest BCUT2D eigenvalue weighted by molar-refractivity contribution is 7.86. The van der Waals surface area contributed by atoms with Crippen LogP contribution in [0.25, 0.3) is 0 Å². The maximum Gasteiger partial charge on any atom is 0.324 e. The van der Waals surface area contributed by atoms with Gasteiger partial charge in [-0.25, -0.2) is 0 Å². The lowest BCUT2D eigenvalue weighted by Crippen LogP contribution is -2.55. The van der Waals surface area contributed by atoms with Gasteiger partial charge in [0, 0.05) is 25.2 Å². The van der Waals surface area contributed by atoms with E-state index in [0.717, 1.165) is 0 Å². The zero-order valence-corrected chi connectivity index (χ0v) is 13.5. The van der Waals surface area contributed by atoms with E-state index in [1.165, 1.54) is 8.61 Å². The molecule has 0 spiro atoms. The maximum absolute atomic E-state index is 12.8. The molecule has 2 N–H and O–H groups in total. The minimum absolute atomic E-state index is 0.0471. The van der Waals surface area contributed by atoms with Crippen LogP contribution in [0.5, 0.6) is 0 Å². The lowest BCUT2D eigenvalue weighted by molar-refractivity contribution is -0.147. The van der Waals surface area contributed by atoms with E-state index < -0.39 is 22.2 Å². The highest BCUT2D eigenvalue weighted by Crippen LogP contribution is 2.28. The monoisotopic (exact) mass is 319 g/mol. The molecule has 2 rings (SSSR count). The summed E-state index contributed by atoms with van der Waals surface area (Å²) in [5, 5.41) is 0. The summed E-state index contributed by atoms with van der Waals surface area (Å²) in [6.07, 6.45) is 2.52. The Labute approximate surface area is 126 Å². The normalized spacial score (nSPS) is 32.2. The molecule has 7 nitrogen and oxygen atoms in total. The number of hydrogen-bond donors (Lipinski definition) is 1. The number of rotatable bonds is 4. The topological polar surface area (TPSA) is 92.9 Å². The summed E-state index contributed by atoms with van der Waals surface area (Å²) in [4.78, 5) is 12.0. The molecule has 0 saturated carbocycles. The van der Waals surface area contributed by atoms with Crippen molar-refractivity contribution in [2.24, 2.45) is 5.73 Å². The minimum atomic E-state index is -3.64. The van der Waals surface area contributed by atoms with Crippen LogP contribution in [0.15, 0.2) is 0 Å². The van der Waals surface area contributed by atoms with Gasteiger partial charge in [-0.05, 0) is 39.5 Å². The Balaban J connectivity index is 2.16. The fourth-order valence-electron chi connectivity index (χ4n) is 3.15. The Kier molecular flexibility index (Phi) is 5.24. The summed E-state index contributed by atoms with van der Waals surface area (Å²) in [7, 11) is -3.64. The lowest BCUT2D eigenvalue weighted by atomic mass is 10.0. The van der Waals surface area contributed by atoms with Gasteiger partial charge in [-0.15, -0.1) is 0 Å². The molecule has 0 radical (unpaired) electrons. The molecule has 2 aliphatic rings. The summed E-state index contributed by atoms with van der Waals surface area (Å²) in [6.45, 7) is 4.64. The van der Waals surface area contributed by atoms with Crippen molar-refractivity contribution in [3.05, 3.63) is 0 Å². The van der Waals surface area contributed by atoms with Gasteiger partial charge in [-0.1, -0.05) is 0 Å². The Morgan fingerprint density at radius 1 is 1.29 bits per heavy atom. The van der Waals surface area contributed by atoms with Crippen LogP contribution in [0.4, 0.5) is 0 Å². The van der Waals surface area contributed by atoms with Gasteiger partial charge in [-0.2, -0.15) is 17.0 Å². The maximum atomic E-state index is 12.8. The zero-order valence-electron chi connectivity index (χ0n) is 12.7. The van der Waals surface area contributed by atoms with Crippen molar-refractivity contribution >= 4 is 16.2 Å². The zero-order chi connectivity index (χ0) is 15.6. The van der Waals surface area contributed by atoms with Crippen LogP contribution >= 0.6 is 0 Å². The molecule has 0 bridgehead atoms. The van der Waals surface area contributed by atoms with E-state index in [-0.39, 0.29) is 18.7 Å². The van der Waals surface area contributed by atoms with Crippen molar-refractivity contribution in [2.45, 2.75) is 57.7 Å². The Hall–Kier alpha value is -0.700. The van der Waals surface area contributed by atoms with Crippen LogP contribution in [0.1, 0.15) is 39.5 Å². The van der Waals surface area contributed by atoms with Gasteiger partial charge in [0.15, 0.2) is 0 Å². The van der Waals surface area contributed by atoms with Crippen molar-refractivity contribution < 1.29 is 17.9 Å². The van der Waals surface area contributed by atoms with Gasteiger partial charge in [-0.3, -0.25) is 4.79 Å². The molecule has 3 unspecified atom stereocenters. The largest absolute Gasteiger partial charge is 0.465 e. The molecule has 3 atom stereocenters. The van der Waals surface area contributed by atoms with E-state index in [1.807, 2.05) is 6.92 Å². The van der Waals surface area contributed by atoms with E-state index in [9.17, 15) is 13.2 Å². The van der Waals surface area contributed by atoms with Gasteiger partial charge in [0.05, 0.1) is 6.61 Å². The lowest BCUT2D eigenvalue weighted by Gasteiger charge is -2.38. The van der Waals surface area contributed by atoms with Gasteiger partial charge >= 0.3 is 5.97 Å². The quantitative estimate of drug-likeness (QED) is 0.740. The van der Waals surface area contributed by atoms with Crippen molar-refractivity contribution in [1.29, 1.82) is 0 Å². The van der Waals surface area contributed by atoms with Crippen LogP contribution in [0.3, 0.4) is 0 Å². The van der Waals surface area contributed by atoms with E-state index >= 15 is 0 Å². The standard InChI is InChI=1S/C13H25N3O4S/c1-3-20-13(17)12-5-4-7-16(12)21(18,19)15-8-6-11(14)9-10(15)2/h10-12H,3-9,14H2,1-2H3. The summed E-state index contributed by atoms with van der Waals surface area (Å²) in [5.74, 6) is -0.445. The second-order valence-electron chi connectivity index (χ2n) is 5.77. The van der Waals surface area contributed by atoms with Crippen LogP contribution in [0, 0.1) is 0 Å². The third-order valence-corrected chi connectivity index (χ3v) is 6.38. The predicted molar refractivity (Wildman–Crippen MR) is 78.7 cm³/mol. The number of ether oxygens (including phenoxy) is 1. The number of piperidine rings is 1. The third kappa shape index (κ3) is 3.39. The molecule has 0 aromatic heterocycles. The van der Waals surface area contributed by atoms with Crippen LogP contribution in [0.2, 0.25) is 0 Å². The first-order chi connectivity index (χ1) is 9.87. The van der Waals surface area contributed by atoms with Crippen molar-refractivity contribution in [3.8, 4) is 0 Å². The third-order valence-electron chi connectivity index (χ3n) is 4.21. The molecule has 21 heavy (non-hydrogen) atoms. The molecule has 0 aromatic rings. The van der Waals surface area contributed by atoms with E-state index in [0.29, 0.717) is 38.8 Å². The Bertz CT molecular complexity index is 482. The predicted octanol–water partition coefficient (Wildman–Crippen LogP) is 0.0703. The minimum Gasteiger partial charge on any atom is -0.465 e. The molecule has 8 heteroatoms. The van der Waals surface area contributed by atoms with Crippen molar-refractivity contribution in [1.82, 2.24) is 8.61 Å². The average Bonchev–Trinajstić information content (AvgIpc) is 2.88. The van der Waals surface area contributed by atoms with Crippen molar-refractivity contribution in [2.75, 3.05) is 19.7 Å². The number of hydrogen-bond acceptors (Lipinski definition) is 5. The number of nitrogens with two attached hydrogens (primary N) is 1. The molecule has 2 saturated heterocycles. The molecule has 0 aromatic carbocycles. The molecule has 2 aliphatic heterocycles. The second kappa shape index (κ2) is 6.60. The first-order valence-electron chi connectivity index (χ1n) is 7.58. The first-order valence-corrected chi connectivity index (χ1v) is 8.98. The summed E-state index contributed by atoms with van der Waals surface area (Å²) in [5.41, 5.74) is 5.89. The Morgan fingerprint density at radius 3 is 2.62 bits per heavy atom. The van der Waals surface area contributed by atoms with Crippen LogP contribution in [-0.2, 0) is 19.7 Å². The first kappa shape index (κ1) is 16.7. The summed E-state index contributed by atoms with van der Waals surface area (Å²) >= 11 is 0. The molecule has 2 heterocycles. The average molecular weight is 319 g/mol. The fourth-order valence-corrected chi connectivity index (χ4v) is 5.17. The molecule has 2 fully saturated rings. The number of carbonyl (C=O) groups excluding carboxylic acids is 1.